The lowest BCUT2D eigenvalue weighted by Crippen LogP contribution is -2.53. The smallest absolute Gasteiger partial charge is 0.0344 e. The molecular formula is C14H29N3. The first-order valence-corrected chi connectivity index (χ1v) is 7.21. The minimum atomic E-state index is 0.295. The average Bonchev–Trinajstić information content (AvgIpc) is 2.53. The average molecular weight is 239 g/mol. The van der Waals surface area contributed by atoms with Gasteiger partial charge in [0.2, 0.25) is 0 Å². The molecular weight excluding hydrogens is 210 g/mol. The molecule has 2 N–H and O–H groups in total. The second kappa shape index (κ2) is 5.25. The van der Waals surface area contributed by atoms with Gasteiger partial charge in [-0.15, -0.1) is 0 Å². The Balaban J connectivity index is 2.08. The van der Waals surface area contributed by atoms with Crippen molar-refractivity contribution in [2.75, 3.05) is 39.8 Å². The predicted molar refractivity (Wildman–Crippen MR) is 73.0 cm³/mol. The maximum atomic E-state index is 6.16. The summed E-state index contributed by atoms with van der Waals surface area (Å²) < 4.78 is 0. The van der Waals surface area contributed by atoms with E-state index in [0.29, 0.717) is 5.54 Å². The van der Waals surface area contributed by atoms with Crippen LogP contribution in [-0.4, -0.2) is 55.1 Å². The van der Waals surface area contributed by atoms with Crippen molar-refractivity contribution in [1.82, 2.24) is 9.80 Å². The van der Waals surface area contributed by atoms with Crippen molar-refractivity contribution in [1.29, 1.82) is 0 Å². The number of nitrogens with zero attached hydrogens (tertiary/aromatic N) is 2. The van der Waals surface area contributed by atoms with Crippen molar-refractivity contribution >= 4 is 0 Å². The number of likely N-dealkylation sites (tertiary alicyclic amines) is 2. The molecule has 0 spiro atoms. The van der Waals surface area contributed by atoms with Gasteiger partial charge in [0.15, 0.2) is 0 Å². The van der Waals surface area contributed by atoms with Gasteiger partial charge in [0, 0.05) is 25.2 Å². The highest BCUT2D eigenvalue weighted by Gasteiger charge is 2.41. The van der Waals surface area contributed by atoms with E-state index in [1.54, 1.807) is 0 Å². The van der Waals surface area contributed by atoms with Crippen LogP contribution in [0, 0.1) is 11.8 Å². The van der Waals surface area contributed by atoms with E-state index in [-0.39, 0.29) is 0 Å². The molecule has 0 radical (unpaired) electrons. The molecule has 0 bridgehead atoms. The number of hydrogen-bond donors (Lipinski definition) is 1. The highest BCUT2D eigenvalue weighted by Crippen LogP contribution is 2.34. The van der Waals surface area contributed by atoms with Crippen LogP contribution < -0.4 is 5.73 Å². The molecule has 3 heteroatoms. The third-order valence-electron chi connectivity index (χ3n) is 5.18. The van der Waals surface area contributed by atoms with Crippen molar-refractivity contribution in [3.05, 3.63) is 0 Å². The van der Waals surface area contributed by atoms with Gasteiger partial charge in [-0.25, -0.2) is 0 Å². The van der Waals surface area contributed by atoms with E-state index in [2.05, 4.69) is 30.7 Å². The molecule has 100 valence electrons. The zero-order chi connectivity index (χ0) is 12.5. The van der Waals surface area contributed by atoms with Crippen LogP contribution in [0.5, 0.6) is 0 Å². The van der Waals surface area contributed by atoms with E-state index in [4.69, 9.17) is 5.73 Å². The van der Waals surface area contributed by atoms with E-state index < -0.39 is 0 Å². The van der Waals surface area contributed by atoms with E-state index in [0.717, 1.165) is 18.4 Å². The molecule has 2 aliphatic heterocycles. The lowest BCUT2D eigenvalue weighted by atomic mass is 9.88. The van der Waals surface area contributed by atoms with Crippen LogP contribution in [0.15, 0.2) is 0 Å². The first kappa shape index (κ1) is 13.3. The highest BCUT2D eigenvalue weighted by atomic mass is 15.2. The molecule has 0 aromatic carbocycles. The molecule has 0 aromatic heterocycles. The molecule has 0 aromatic rings. The Hall–Kier alpha value is -0.120. The van der Waals surface area contributed by atoms with Gasteiger partial charge >= 0.3 is 0 Å². The Morgan fingerprint density at radius 2 is 1.76 bits per heavy atom. The summed E-state index contributed by atoms with van der Waals surface area (Å²) in [7, 11) is 2.24. The van der Waals surface area contributed by atoms with Crippen LogP contribution in [0.1, 0.15) is 33.1 Å². The molecule has 2 heterocycles. The molecule has 3 unspecified atom stereocenters. The molecule has 0 saturated carbocycles. The maximum Gasteiger partial charge on any atom is 0.0344 e. The lowest BCUT2D eigenvalue weighted by molar-refractivity contribution is 0.0999. The molecule has 2 saturated heterocycles. The standard InChI is InChI=1S/C14H29N3/c1-12-9-17(10-13(12)2)14(11-15)5-4-7-16(3)8-6-14/h12-13H,4-11,15H2,1-3H3. The predicted octanol–water partition coefficient (Wildman–Crippen LogP) is 1.39. The van der Waals surface area contributed by atoms with Gasteiger partial charge in [0.25, 0.3) is 0 Å². The quantitative estimate of drug-likeness (QED) is 0.790. The van der Waals surface area contributed by atoms with Crippen molar-refractivity contribution in [3.8, 4) is 0 Å². The molecule has 2 fully saturated rings. The van der Waals surface area contributed by atoms with E-state index in [1.807, 2.05) is 0 Å². The summed E-state index contributed by atoms with van der Waals surface area (Å²) in [6.45, 7) is 10.6. The van der Waals surface area contributed by atoms with E-state index >= 15 is 0 Å². The van der Waals surface area contributed by atoms with E-state index in [9.17, 15) is 0 Å². The number of nitrogens with two attached hydrogens (primary N) is 1. The lowest BCUT2D eigenvalue weighted by Gasteiger charge is -2.41. The van der Waals surface area contributed by atoms with Crippen LogP contribution in [0.4, 0.5) is 0 Å². The molecule has 0 amide bonds. The fraction of sp³-hybridized carbons (Fsp3) is 1.00. The van der Waals surface area contributed by atoms with Crippen LogP contribution >= 0.6 is 0 Å². The molecule has 3 atom stereocenters. The third-order valence-corrected chi connectivity index (χ3v) is 5.18. The molecule has 0 aliphatic carbocycles. The van der Waals surface area contributed by atoms with Crippen molar-refractivity contribution in [2.24, 2.45) is 17.6 Å². The minimum absolute atomic E-state index is 0.295. The maximum absolute atomic E-state index is 6.16. The summed E-state index contributed by atoms with van der Waals surface area (Å²) in [5, 5.41) is 0. The van der Waals surface area contributed by atoms with Gasteiger partial charge < -0.3 is 10.6 Å². The largest absolute Gasteiger partial charge is 0.329 e. The molecule has 17 heavy (non-hydrogen) atoms. The summed E-state index contributed by atoms with van der Waals surface area (Å²) in [5.41, 5.74) is 6.46. The highest BCUT2D eigenvalue weighted by molar-refractivity contribution is 4.98. The number of rotatable bonds is 2. The topological polar surface area (TPSA) is 32.5 Å². The van der Waals surface area contributed by atoms with Crippen molar-refractivity contribution in [3.63, 3.8) is 0 Å². The summed E-state index contributed by atoms with van der Waals surface area (Å²) in [6, 6.07) is 0. The van der Waals surface area contributed by atoms with Crippen molar-refractivity contribution in [2.45, 2.75) is 38.6 Å². The Kier molecular flexibility index (Phi) is 4.11. The Labute approximate surface area is 106 Å². The van der Waals surface area contributed by atoms with E-state index in [1.165, 1.54) is 45.4 Å². The second-order valence-electron chi connectivity index (χ2n) is 6.44. The van der Waals surface area contributed by atoms with Crippen LogP contribution in [0.25, 0.3) is 0 Å². The monoisotopic (exact) mass is 239 g/mol. The van der Waals surface area contributed by atoms with Gasteiger partial charge in [0.1, 0.15) is 0 Å². The van der Waals surface area contributed by atoms with Gasteiger partial charge in [-0.05, 0) is 51.2 Å². The molecule has 3 nitrogen and oxygen atoms in total. The van der Waals surface area contributed by atoms with Crippen LogP contribution in [-0.2, 0) is 0 Å². The zero-order valence-corrected chi connectivity index (χ0v) is 11.8. The normalized spacial score (nSPS) is 41.6. The Morgan fingerprint density at radius 3 is 2.35 bits per heavy atom. The second-order valence-corrected chi connectivity index (χ2v) is 6.44. The fourth-order valence-electron chi connectivity index (χ4n) is 3.48. The molecule has 2 aliphatic rings. The summed E-state index contributed by atoms with van der Waals surface area (Å²) in [5.74, 6) is 1.67. The molecule has 2 rings (SSSR count). The van der Waals surface area contributed by atoms with Gasteiger partial charge in [0.05, 0.1) is 0 Å². The van der Waals surface area contributed by atoms with Crippen LogP contribution in [0.2, 0.25) is 0 Å². The SMILES string of the molecule is CC1CN(C2(CN)CCCN(C)CC2)CC1C. The fourth-order valence-corrected chi connectivity index (χ4v) is 3.48. The first-order valence-electron chi connectivity index (χ1n) is 7.21. The summed E-state index contributed by atoms with van der Waals surface area (Å²) in [4.78, 5) is 5.17. The van der Waals surface area contributed by atoms with Crippen LogP contribution in [0.3, 0.4) is 0 Å². The minimum Gasteiger partial charge on any atom is -0.329 e. The van der Waals surface area contributed by atoms with Gasteiger partial charge in [-0.1, -0.05) is 13.8 Å². The number of hydrogen-bond acceptors (Lipinski definition) is 3. The third kappa shape index (κ3) is 2.67. The Morgan fingerprint density at radius 1 is 1.12 bits per heavy atom. The van der Waals surface area contributed by atoms with Gasteiger partial charge in [-0.2, -0.15) is 0 Å². The van der Waals surface area contributed by atoms with Gasteiger partial charge in [-0.3, -0.25) is 4.90 Å². The first-order chi connectivity index (χ1) is 8.07. The summed E-state index contributed by atoms with van der Waals surface area (Å²) >= 11 is 0. The zero-order valence-electron chi connectivity index (χ0n) is 11.8. The Bertz CT molecular complexity index is 246. The summed E-state index contributed by atoms with van der Waals surface area (Å²) in [6.07, 6.45) is 3.83. The van der Waals surface area contributed by atoms with Crippen molar-refractivity contribution < 1.29 is 0 Å².